The van der Waals surface area contributed by atoms with E-state index >= 15 is 0 Å². The van der Waals surface area contributed by atoms with Crippen LogP contribution in [0, 0.1) is 5.92 Å². The Morgan fingerprint density at radius 3 is 2.96 bits per heavy atom. The molecule has 2 aliphatic rings. The SMILES string of the molecule is O=C1C[C@@H](C(=O)NCCCOc2cccnc2)C2(CCCCC2)O1. The molecule has 0 unspecified atom stereocenters. The van der Waals surface area contributed by atoms with Crippen LogP contribution in [0.25, 0.3) is 0 Å². The number of hydrogen-bond acceptors (Lipinski definition) is 5. The standard InChI is InChI=1S/C18H24N2O4/c21-16-12-15(18(24-16)7-2-1-3-8-18)17(22)20-10-5-11-23-14-6-4-9-19-13-14/h4,6,9,13,15H,1-3,5,7-8,10-12H2,(H,20,22)/t15-/m0/s1. The van der Waals surface area contributed by atoms with E-state index in [2.05, 4.69) is 10.3 Å². The van der Waals surface area contributed by atoms with Crippen LogP contribution in [0.3, 0.4) is 0 Å². The molecular formula is C18H24N2O4. The minimum absolute atomic E-state index is 0.0656. The fourth-order valence-electron chi connectivity index (χ4n) is 3.65. The maximum absolute atomic E-state index is 12.5. The van der Waals surface area contributed by atoms with E-state index in [0.717, 1.165) is 37.9 Å². The largest absolute Gasteiger partial charge is 0.492 e. The lowest BCUT2D eigenvalue weighted by atomic mass is 9.75. The Labute approximate surface area is 141 Å². The lowest BCUT2D eigenvalue weighted by Gasteiger charge is -2.36. The number of nitrogens with one attached hydrogen (secondary N) is 1. The average molecular weight is 332 g/mol. The topological polar surface area (TPSA) is 77.5 Å². The van der Waals surface area contributed by atoms with Crippen molar-refractivity contribution in [1.29, 1.82) is 0 Å². The van der Waals surface area contributed by atoms with E-state index in [4.69, 9.17) is 9.47 Å². The first-order valence-electron chi connectivity index (χ1n) is 8.72. The van der Waals surface area contributed by atoms with Crippen LogP contribution in [-0.4, -0.2) is 35.6 Å². The van der Waals surface area contributed by atoms with Crippen molar-refractivity contribution in [3.8, 4) is 5.75 Å². The van der Waals surface area contributed by atoms with Gasteiger partial charge in [0.25, 0.3) is 0 Å². The normalized spacial score (nSPS) is 22.2. The number of hydrogen-bond donors (Lipinski definition) is 1. The highest BCUT2D eigenvalue weighted by atomic mass is 16.6. The molecule has 6 nitrogen and oxygen atoms in total. The molecule has 3 rings (SSSR count). The van der Waals surface area contributed by atoms with Gasteiger partial charge in [-0.2, -0.15) is 0 Å². The summed E-state index contributed by atoms with van der Waals surface area (Å²) in [5.74, 6) is 0.0744. The Morgan fingerprint density at radius 2 is 2.21 bits per heavy atom. The fraction of sp³-hybridized carbons (Fsp3) is 0.611. The molecular weight excluding hydrogens is 308 g/mol. The van der Waals surface area contributed by atoms with Crippen molar-refractivity contribution < 1.29 is 19.1 Å². The second-order valence-electron chi connectivity index (χ2n) is 6.54. The zero-order chi connectivity index (χ0) is 16.8. The summed E-state index contributed by atoms with van der Waals surface area (Å²) in [4.78, 5) is 28.2. The monoisotopic (exact) mass is 332 g/mol. The van der Waals surface area contributed by atoms with E-state index < -0.39 is 5.60 Å². The zero-order valence-electron chi connectivity index (χ0n) is 13.8. The summed E-state index contributed by atoms with van der Waals surface area (Å²) >= 11 is 0. The zero-order valence-corrected chi connectivity index (χ0v) is 13.8. The van der Waals surface area contributed by atoms with Crippen LogP contribution < -0.4 is 10.1 Å². The van der Waals surface area contributed by atoms with Gasteiger partial charge in [0.1, 0.15) is 11.4 Å². The number of ether oxygens (including phenoxy) is 2. The van der Waals surface area contributed by atoms with Crippen molar-refractivity contribution in [2.24, 2.45) is 5.92 Å². The van der Waals surface area contributed by atoms with Gasteiger partial charge in [0.15, 0.2) is 0 Å². The molecule has 1 spiro atoms. The fourth-order valence-corrected chi connectivity index (χ4v) is 3.65. The van der Waals surface area contributed by atoms with Gasteiger partial charge in [-0.25, -0.2) is 0 Å². The number of amides is 1. The minimum Gasteiger partial charge on any atom is -0.492 e. The summed E-state index contributed by atoms with van der Waals surface area (Å²) in [5.41, 5.74) is -0.550. The third-order valence-electron chi connectivity index (χ3n) is 4.86. The number of carbonyl (C=O) groups excluding carboxylic acids is 2. The van der Waals surface area contributed by atoms with Gasteiger partial charge in [-0.3, -0.25) is 14.6 Å². The Hall–Kier alpha value is -2.11. The Balaban J connectivity index is 1.43. The van der Waals surface area contributed by atoms with Crippen molar-refractivity contribution in [3.63, 3.8) is 0 Å². The molecule has 1 saturated carbocycles. The van der Waals surface area contributed by atoms with Crippen LogP contribution in [-0.2, 0) is 14.3 Å². The summed E-state index contributed by atoms with van der Waals surface area (Å²) in [6.45, 7) is 1.04. The first kappa shape index (κ1) is 16.7. The molecule has 2 heterocycles. The highest BCUT2D eigenvalue weighted by Gasteiger charge is 2.52. The van der Waals surface area contributed by atoms with E-state index in [-0.39, 0.29) is 24.2 Å². The summed E-state index contributed by atoms with van der Waals surface area (Å²) in [6, 6.07) is 3.66. The van der Waals surface area contributed by atoms with Gasteiger partial charge in [-0.1, -0.05) is 6.42 Å². The van der Waals surface area contributed by atoms with Crippen LogP contribution in [0.1, 0.15) is 44.9 Å². The average Bonchev–Trinajstić information content (AvgIpc) is 2.91. The van der Waals surface area contributed by atoms with Crippen LogP contribution in [0.2, 0.25) is 0 Å². The first-order chi connectivity index (χ1) is 11.7. The lowest BCUT2D eigenvalue weighted by molar-refractivity contribution is -0.153. The van der Waals surface area contributed by atoms with E-state index in [9.17, 15) is 9.59 Å². The quantitative estimate of drug-likeness (QED) is 0.638. The van der Waals surface area contributed by atoms with E-state index in [0.29, 0.717) is 19.6 Å². The number of carbonyl (C=O) groups is 2. The van der Waals surface area contributed by atoms with Crippen LogP contribution in [0.15, 0.2) is 24.5 Å². The summed E-state index contributed by atoms with van der Waals surface area (Å²) < 4.78 is 11.1. The van der Waals surface area contributed by atoms with Gasteiger partial charge in [0, 0.05) is 12.7 Å². The molecule has 130 valence electrons. The van der Waals surface area contributed by atoms with Gasteiger partial charge in [0.05, 0.1) is 25.1 Å². The Bertz CT molecular complexity index is 570. The van der Waals surface area contributed by atoms with Crippen molar-refractivity contribution >= 4 is 11.9 Å². The van der Waals surface area contributed by atoms with Gasteiger partial charge >= 0.3 is 5.97 Å². The van der Waals surface area contributed by atoms with Gasteiger partial charge < -0.3 is 14.8 Å². The van der Waals surface area contributed by atoms with E-state index in [1.54, 1.807) is 12.4 Å². The number of rotatable bonds is 6. The number of aromatic nitrogens is 1. The predicted octanol–water partition coefficient (Wildman–Crippen LogP) is 2.23. The molecule has 0 aromatic carbocycles. The molecule has 1 aliphatic carbocycles. The van der Waals surface area contributed by atoms with Gasteiger partial charge in [-0.15, -0.1) is 0 Å². The number of nitrogens with zero attached hydrogens (tertiary/aromatic N) is 1. The molecule has 2 fully saturated rings. The maximum atomic E-state index is 12.5. The molecule has 1 aromatic rings. The molecule has 1 amide bonds. The second kappa shape index (κ2) is 7.64. The predicted molar refractivity (Wildman–Crippen MR) is 87.4 cm³/mol. The Morgan fingerprint density at radius 1 is 1.38 bits per heavy atom. The molecule has 1 aliphatic heterocycles. The first-order valence-corrected chi connectivity index (χ1v) is 8.72. The molecule has 6 heteroatoms. The molecule has 1 N–H and O–H groups in total. The molecule has 1 aromatic heterocycles. The van der Waals surface area contributed by atoms with Gasteiger partial charge in [0.2, 0.25) is 5.91 Å². The summed E-state index contributed by atoms with van der Waals surface area (Å²) in [7, 11) is 0. The highest BCUT2D eigenvalue weighted by molar-refractivity contribution is 5.87. The summed E-state index contributed by atoms with van der Waals surface area (Å²) in [5, 5.41) is 2.94. The maximum Gasteiger partial charge on any atom is 0.307 e. The molecule has 0 bridgehead atoms. The Kier molecular flexibility index (Phi) is 5.33. The molecule has 1 saturated heterocycles. The third-order valence-corrected chi connectivity index (χ3v) is 4.86. The second-order valence-corrected chi connectivity index (χ2v) is 6.54. The van der Waals surface area contributed by atoms with Crippen molar-refractivity contribution in [2.45, 2.75) is 50.5 Å². The van der Waals surface area contributed by atoms with Crippen LogP contribution in [0.4, 0.5) is 0 Å². The van der Waals surface area contributed by atoms with Crippen molar-refractivity contribution in [1.82, 2.24) is 10.3 Å². The van der Waals surface area contributed by atoms with E-state index in [1.165, 1.54) is 0 Å². The summed E-state index contributed by atoms with van der Waals surface area (Å²) in [6.07, 6.45) is 9.08. The van der Waals surface area contributed by atoms with Gasteiger partial charge in [-0.05, 0) is 44.2 Å². The molecule has 24 heavy (non-hydrogen) atoms. The van der Waals surface area contributed by atoms with Crippen molar-refractivity contribution in [3.05, 3.63) is 24.5 Å². The smallest absolute Gasteiger partial charge is 0.307 e. The third kappa shape index (κ3) is 3.86. The van der Waals surface area contributed by atoms with Crippen LogP contribution >= 0.6 is 0 Å². The highest BCUT2D eigenvalue weighted by Crippen LogP contribution is 2.44. The number of esters is 1. The van der Waals surface area contributed by atoms with E-state index in [1.807, 2.05) is 12.1 Å². The molecule has 0 radical (unpaired) electrons. The lowest BCUT2D eigenvalue weighted by Crippen LogP contribution is -2.46. The molecule has 1 atom stereocenters. The van der Waals surface area contributed by atoms with Crippen LogP contribution in [0.5, 0.6) is 5.75 Å². The van der Waals surface area contributed by atoms with Crippen molar-refractivity contribution in [2.75, 3.05) is 13.2 Å². The minimum atomic E-state index is -0.550. The number of pyridine rings is 1.